The third kappa shape index (κ3) is 4.10. The fourth-order valence-corrected chi connectivity index (χ4v) is 1.96. The molecule has 0 aliphatic carbocycles. The van der Waals surface area contributed by atoms with Crippen LogP contribution in [-0.4, -0.2) is 5.97 Å². The van der Waals surface area contributed by atoms with Crippen molar-refractivity contribution in [2.24, 2.45) is 0 Å². The Labute approximate surface area is 129 Å². The van der Waals surface area contributed by atoms with Gasteiger partial charge in [0, 0.05) is 12.0 Å². The molecule has 0 radical (unpaired) electrons. The van der Waals surface area contributed by atoms with Gasteiger partial charge in [-0.3, -0.25) is 4.79 Å². The van der Waals surface area contributed by atoms with Crippen LogP contribution < -0.4 is 4.74 Å². The van der Waals surface area contributed by atoms with E-state index in [4.69, 9.17) is 9.47 Å². The highest BCUT2D eigenvalue weighted by Crippen LogP contribution is 2.27. The Kier molecular flexibility index (Phi) is 5.56. The Morgan fingerprint density at radius 3 is 2.59 bits per heavy atom. The number of para-hydroxylation sites is 1. The van der Waals surface area contributed by atoms with Crippen molar-refractivity contribution in [1.82, 2.24) is 0 Å². The summed E-state index contributed by atoms with van der Waals surface area (Å²) in [6, 6.07) is 16.6. The lowest BCUT2D eigenvalue weighted by atomic mass is 10.1. The van der Waals surface area contributed by atoms with Crippen molar-refractivity contribution in [2.45, 2.75) is 26.4 Å². The first-order valence-electron chi connectivity index (χ1n) is 7.15. The first-order chi connectivity index (χ1) is 10.7. The maximum atomic E-state index is 11.5. The van der Waals surface area contributed by atoms with Gasteiger partial charge in [0.25, 0.3) is 0 Å². The van der Waals surface area contributed by atoms with Crippen molar-refractivity contribution in [2.75, 3.05) is 0 Å². The normalized spacial score (nSPS) is 9.82. The van der Waals surface area contributed by atoms with Gasteiger partial charge < -0.3 is 9.47 Å². The van der Waals surface area contributed by atoms with Crippen molar-refractivity contribution in [3.63, 3.8) is 0 Å². The van der Waals surface area contributed by atoms with E-state index in [1.807, 2.05) is 37.3 Å². The van der Waals surface area contributed by atoms with E-state index in [1.54, 1.807) is 18.2 Å². The molecule has 0 aliphatic rings. The Morgan fingerprint density at radius 1 is 1.14 bits per heavy atom. The van der Waals surface area contributed by atoms with Crippen LogP contribution >= 0.6 is 0 Å². The zero-order chi connectivity index (χ0) is 15.8. The Balaban J connectivity index is 2.17. The number of benzene rings is 2. The molecule has 22 heavy (non-hydrogen) atoms. The van der Waals surface area contributed by atoms with Gasteiger partial charge in [-0.2, -0.15) is 5.26 Å². The van der Waals surface area contributed by atoms with Crippen molar-refractivity contribution in [3.8, 4) is 17.6 Å². The van der Waals surface area contributed by atoms with Gasteiger partial charge in [0.15, 0.2) is 0 Å². The maximum Gasteiger partial charge on any atom is 0.306 e. The molecule has 0 saturated heterocycles. The van der Waals surface area contributed by atoms with E-state index in [-0.39, 0.29) is 12.6 Å². The quantitative estimate of drug-likeness (QED) is 0.750. The minimum Gasteiger partial charge on any atom is -0.461 e. The molecule has 0 aromatic heterocycles. The molecule has 0 heterocycles. The second-order valence-electron chi connectivity index (χ2n) is 4.73. The predicted molar refractivity (Wildman–Crippen MR) is 82.4 cm³/mol. The molecule has 4 nitrogen and oxygen atoms in total. The van der Waals surface area contributed by atoms with E-state index in [0.717, 1.165) is 6.42 Å². The third-order valence-electron chi connectivity index (χ3n) is 3.04. The lowest BCUT2D eigenvalue weighted by Crippen LogP contribution is -2.05. The monoisotopic (exact) mass is 295 g/mol. The second-order valence-corrected chi connectivity index (χ2v) is 4.73. The Hall–Kier alpha value is -2.80. The highest BCUT2D eigenvalue weighted by molar-refractivity contribution is 5.69. The molecule has 2 rings (SSSR count). The molecule has 4 heteroatoms. The number of hydrogen-bond acceptors (Lipinski definition) is 4. The maximum absolute atomic E-state index is 11.5. The molecule has 0 fully saturated rings. The summed E-state index contributed by atoms with van der Waals surface area (Å²) in [5.74, 6) is 0.845. The lowest BCUT2D eigenvalue weighted by Gasteiger charge is -2.11. The molecule has 0 saturated carbocycles. The summed E-state index contributed by atoms with van der Waals surface area (Å²) in [6.07, 6.45) is 1.11. The summed E-state index contributed by atoms with van der Waals surface area (Å²) < 4.78 is 10.9. The number of ether oxygens (including phenoxy) is 2. The SMILES string of the molecule is CCCC(=O)OCc1cccc(Oc2ccccc2)c1C#N. The summed E-state index contributed by atoms with van der Waals surface area (Å²) in [4.78, 5) is 11.5. The third-order valence-corrected chi connectivity index (χ3v) is 3.04. The van der Waals surface area contributed by atoms with Gasteiger partial charge >= 0.3 is 5.97 Å². The first kappa shape index (κ1) is 15.6. The lowest BCUT2D eigenvalue weighted by molar-refractivity contribution is -0.145. The standard InChI is InChI=1S/C18H17NO3/c1-2-7-18(20)21-13-14-8-6-11-17(16(14)12-19)22-15-9-4-3-5-10-15/h3-6,8-11H,2,7,13H2,1H3. The number of nitrogens with zero attached hydrogens (tertiary/aromatic N) is 1. The minimum absolute atomic E-state index is 0.0771. The molecule has 0 spiro atoms. The van der Waals surface area contributed by atoms with Crippen LogP contribution in [0.25, 0.3) is 0 Å². The molecule has 0 atom stereocenters. The Morgan fingerprint density at radius 2 is 1.91 bits per heavy atom. The van der Waals surface area contributed by atoms with Crippen LogP contribution in [0, 0.1) is 11.3 Å². The molecule has 0 N–H and O–H groups in total. The van der Waals surface area contributed by atoms with Crippen molar-refractivity contribution in [3.05, 3.63) is 59.7 Å². The van der Waals surface area contributed by atoms with Crippen LogP contribution in [0.15, 0.2) is 48.5 Å². The van der Waals surface area contributed by atoms with E-state index in [9.17, 15) is 10.1 Å². The van der Waals surface area contributed by atoms with Crippen LogP contribution in [0.3, 0.4) is 0 Å². The van der Waals surface area contributed by atoms with Crippen molar-refractivity contribution < 1.29 is 14.3 Å². The number of carbonyl (C=O) groups excluding carboxylic acids is 1. The molecule has 112 valence electrons. The van der Waals surface area contributed by atoms with Crippen LogP contribution in [0.4, 0.5) is 0 Å². The van der Waals surface area contributed by atoms with E-state index in [1.165, 1.54) is 0 Å². The van der Waals surface area contributed by atoms with Gasteiger partial charge in [0.05, 0.1) is 0 Å². The number of esters is 1. The van der Waals surface area contributed by atoms with E-state index in [0.29, 0.717) is 29.0 Å². The topological polar surface area (TPSA) is 59.3 Å². The largest absolute Gasteiger partial charge is 0.461 e. The summed E-state index contributed by atoms with van der Waals surface area (Å²) in [6.45, 7) is 1.99. The molecule has 0 bridgehead atoms. The zero-order valence-corrected chi connectivity index (χ0v) is 12.4. The second kappa shape index (κ2) is 7.84. The summed E-state index contributed by atoms with van der Waals surface area (Å²) in [5, 5.41) is 9.38. The summed E-state index contributed by atoms with van der Waals surface area (Å²) >= 11 is 0. The van der Waals surface area contributed by atoms with Gasteiger partial charge in [0.1, 0.15) is 29.7 Å². The molecule has 0 amide bonds. The van der Waals surface area contributed by atoms with Crippen LogP contribution in [0.1, 0.15) is 30.9 Å². The average molecular weight is 295 g/mol. The molecule has 2 aromatic rings. The van der Waals surface area contributed by atoms with Gasteiger partial charge in [-0.25, -0.2) is 0 Å². The van der Waals surface area contributed by atoms with Gasteiger partial charge in [-0.15, -0.1) is 0 Å². The molecule has 0 aliphatic heterocycles. The minimum atomic E-state index is -0.263. The highest BCUT2D eigenvalue weighted by Gasteiger charge is 2.12. The van der Waals surface area contributed by atoms with Gasteiger partial charge in [-0.05, 0) is 24.6 Å². The smallest absolute Gasteiger partial charge is 0.306 e. The number of hydrogen-bond donors (Lipinski definition) is 0. The van der Waals surface area contributed by atoms with E-state index >= 15 is 0 Å². The zero-order valence-electron chi connectivity index (χ0n) is 12.4. The molecule has 0 unspecified atom stereocenters. The first-order valence-corrected chi connectivity index (χ1v) is 7.15. The van der Waals surface area contributed by atoms with Crippen LogP contribution in [0.5, 0.6) is 11.5 Å². The molecular weight excluding hydrogens is 278 g/mol. The predicted octanol–water partition coefficient (Wildman–Crippen LogP) is 4.19. The summed E-state index contributed by atoms with van der Waals surface area (Å²) in [5.41, 5.74) is 1.02. The number of carbonyl (C=O) groups is 1. The van der Waals surface area contributed by atoms with Crippen molar-refractivity contribution in [1.29, 1.82) is 5.26 Å². The number of rotatable bonds is 6. The molecule has 2 aromatic carbocycles. The van der Waals surface area contributed by atoms with Gasteiger partial charge in [0.2, 0.25) is 0 Å². The average Bonchev–Trinajstić information content (AvgIpc) is 2.54. The van der Waals surface area contributed by atoms with E-state index < -0.39 is 0 Å². The highest BCUT2D eigenvalue weighted by atomic mass is 16.5. The summed E-state index contributed by atoms with van der Waals surface area (Å²) in [7, 11) is 0. The fraction of sp³-hybridized carbons (Fsp3) is 0.222. The van der Waals surface area contributed by atoms with Crippen molar-refractivity contribution >= 4 is 5.97 Å². The van der Waals surface area contributed by atoms with Crippen LogP contribution in [-0.2, 0) is 16.1 Å². The Bertz CT molecular complexity index is 674. The van der Waals surface area contributed by atoms with Gasteiger partial charge in [-0.1, -0.05) is 37.3 Å². The number of nitriles is 1. The fourth-order valence-electron chi connectivity index (χ4n) is 1.96. The molecular formula is C18H17NO3. The van der Waals surface area contributed by atoms with Crippen LogP contribution in [0.2, 0.25) is 0 Å². The van der Waals surface area contributed by atoms with E-state index in [2.05, 4.69) is 6.07 Å².